The van der Waals surface area contributed by atoms with Crippen LogP contribution in [0.5, 0.6) is 5.75 Å². The zero-order valence-corrected chi connectivity index (χ0v) is 11.7. The van der Waals surface area contributed by atoms with Gasteiger partial charge in [-0.25, -0.2) is 0 Å². The molecule has 0 aliphatic carbocycles. The van der Waals surface area contributed by atoms with Gasteiger partial charge in [-0.15, -0.1) is 0 Å². The Bertz CT molecular complexity index is 600. The number of morpholine rings is 1. The molecule has 0 bridgehead atoms. The summed E-state index contributed by atoms with van der Waals surface area (Å²) >= 11 is 0. The summed E-state index contributed by atoms with van der Waals surface area (Å²) in [5.41, 5.74) is 0.965. The Balaban J connectivity index is 1.88. The Labute approximate surface area is 119 Å². The van der Waals surface area contributed by atoms with E-state index in [2.05, 4.69) is 16.8 Å². The highest BCUT2D eigenvalue weighted by Gasteiger charge is 2.20. The third-order valence-corrected chi connectivity index (χ3v) is 3.97. The highest BCUT2D eigenvalue weighted by atomic mass is 16.5. The Hall–Kier alpha value is -1.65. The zero-order valence-electron chi connectivity index (χ0n) is 11.7. The average Bonchev–Trinajstić information content (AvgIpc) is 2.50. The van der Waals surface area contributed by atoms with Gasteiger partial charge in [-0.2, -0.15) is 0 Å². The van der Waals surface area contributed by atoms with Crippen LogP contribution in [0.25, 0.3) is 10.8 Å². The van der Waals surface area contributed by atoms with Crippen molar-refractivity contribution in [3.05, 3.63) is 36.2 Å². The summed E-state index contributed by atoms with van der Waals surface area (Å²) in [7, 11) is 0. The van der Waals surface area contributed by atoms with E-state index in [-0.39, 0.29) is 0 Å². The first-order chi connectivity index (χ1) is 9.78. The molecule has 1 atom stereocenters. The van der Waals surface area contributed by atoms with E-state index in [9.17, 15) is 5.11 Å². The zero-order chi connectivity index (χ0) is 13.9. The summed E-state index contributed by atoms with van der Waals surface area (Å²) in [4.78, 5) is 6.53. The predicted octanol–water partition coefficient (Wildman–Crippen LogP) is 2.55. The molecule has 4 heteroatoms. The van der Waals surface area contributed by atoms with Crippen LogP contribution in [0.15, 0.2) is 30.6 Å². The van der Waals surface area contributed by atoms with Crippen molar-refractivity contribution in [2.24, 2.45) is 0 Å². The second kappa shape index (κ2) is 5.77. The molecule has 4 nitrogen and oxygen atoms in total. The van der Waals surface area contributed by atoms with Crippen molar-refractivity contribution in [1.29, 1.82) is 0 Å². The number of hydrogen-bond donors (Lipinski definition) is 1. The lowest BCUT2D eigenvalue weighted by molar-refractivity contribution is -0.0325. The summed E-state index contributed by atoms with van der Waals surface area (Å²) < 4.78 is 5.70. The van der Waals surface area contributed by atoms with Gasteiger partial charge in [0.05, 0.1) is 12.7 Å². The number of aromatic hydroxyl groups is 1. The molecule has 0 saturated carbocycles. The number of fused-ring (bicyclic) bond motifs is 1. The first kappa shape index (κ1) is 13.3. The van der Waals surface area contributed by atoms with Crippen LogP contribution in [-0.2, 0) is 11.3 Å². The quantitative estimate of drug-likeness (QED) is 0.932. The molecule has 1 saturated heterocycles. The van der Waals surface area contributed by atoms with Crippen molar-refractivity contribution in [3.8, 4) is 5.75 Å². The lowest BCUT2D eigenvalue weighted by Crippen LogP contribution is -2.41. The van der Waals surface area contributed by atoms with Crippen molar-refractivity contribution in [3.63, 3.8) is 0 Å². The number of phenols is 1. The van der Waals surface area contributed by atoms with Crippen LogP contribution in [0.2, 0.25) is 0 Å². The minimum absolute atomic E-state index is 0.305. The Morgan fingerprint density at radius 1 is 1.40 bits per heavy atom. The minimum Gasteiger partial charge on any atom is -0.508 e. The molecule has 1 aromatic heterocycles. The van der Waals surface area contributed by atoms with Crippen LogP contribution in [-0.4, -0.2) is 40.8 Å². The topological polar surface area (TPSA) is 45.6 Å². The number of nitrogens with zero attached hydrogens (tertiary/aromatic N) is 2. The molecule has 1 N–H and O–H groups in total. The van der Waals surface area contributed by atoms with Gasteiger partial charge < -0.3 is 9.84 Å². The number of hydrogen-bond acceptors (Lipinski definition) is 4. The molecule has 3 rings (SSSR count). The summed E-state index contributed by atoms with van der Waals surface area (Å²) in [6.07, 6.45) is 4.95. The van der Waals surface area contributed by atoms with Gasteiger partial charge in [-0.3, -0.25) is 9.88 Å². The second-order valence-electron chi connectivity index (χ2n) is 5.30. The van der Waals surface area contributed by atoms with Crippen molar-refractivity contribution in [1.82, 2.24) is 9.88 Å². The number of benzene rings is 1. The fourth-order valence-electron chi connectivity index (χ4n) is 2.77. The fourth-order valence-corrected chi connectivity index (χ4v) is 2.77. The summed E-state index contributed by atoms with van der Waals surface area (Å²) in [6.45, 7) is 5.49. The van der Waals surface area contributed by atoms with Gasteiger partial charge in [0.25, 0.3) is 0 Å². The molecule has 2 heterocycles. The van der Waals surface area contributed by atoms with Crippen molar-refractivity contribution >= 4 is 10.8 Å². The van der Waals surface area contributed by atoms with Crippen LogP contribution in [0.4, 0.5) is 0 Å². The van der Waals surface area contributed by atoms with E-state index in [0.29, 0.717) is 11.9 Å². The molecule has 0 unspecified atom stereocenters. The summed E-state index contributed by atoms with van der Waals surface area (Å²) in [5.74, 6) is 0.352. The molecule has 20 heavy (non-hydrogen) atoms. The predicted molar refractivity (Wildman–Crippen MR) is 78.7 cm³/mol. The highest BCUT2D eigenvalue weighted by molar-refractivity contribution is 5.86. The molecule has 1 aromatic carbocycles. The van der Waals surface area contributed by atoms with Crippen molar-refractivity contribution in [2.75, 3.05) is 19.7 Å². The maximum absolute atomic E-state index is 10.2. The molecule has 1 aliphatic heterocycles. The fraction of sp³-hybridized carbons (Fsp3) is 0.438. The Kier molecular flexibility index (Phi) is 3.85. The van der Waals surface area contributed by atoms with Crippen LogP contribution in [0, 0.1) is 0 Å². The highest BCUT2D eigenvalue weighted by Crippen LogP contribution is 2.28. The number of aromatic nitrogens is 1. The van der Waals surface area contributed by atoms with E-state index in [1.54, 1.807) is 12.3 Å². The van der Waals surface area contributed by atoms with Crippen LogP contribution >= 0.6 is 0 Å². The van der Waals surface area contributed by atoms with E-state index in [1.165, 1.54) is 0 Å². The molecular weight excluding hydrogens is 252 g/mol. The van der Waals surface area contributed by atoms with Crippen LogP contribution in [0.1, 0.15) is 18.9 Å². The average molecular weight is 272 g/mol. The smallest absolute Gasteiger partial charge is 0.120 e. The Morgan fingerprint density at radius 2 is 2.30 bits per heavy atom. The van der Waals surface area contributed by atoms with E-state index < -0.39 is 0 Å². The molecule has 1 aliphatic rings. The largest absolute Gasteiger partial charge is 0.508 e. The monoisotopic (exact) mass is 272 g/mol. The molecule has 0 spiro atoms. The molecule has 0 amide bonds. The SMILES string of the molecule is CC[C@H]1CN(Cc2c(O)ccc3ccncc23)CCO1. The van der Waals surface area contributed by atoms with Gasteiger partial charge in [0, 0.05) is 43.0 Å². The molecule has 0 radical (unpaired) electrons. The molecule has 2 aromatic rings. The van der Waals surface area contributed by atoms with Gasteiger partial charge in [0.1, 0.15) is 5.75 Å². The second-order valence-corrected chi connectivity index (χ2v) is 5.30. The van der Waals surface area contributed by atoms with Gasteiger partial charge in [-0.1, -0.05) is 13.0 Å². The summed E-state index contributed by atoms with van der Waals surface area (Å²) in [6, 6.07) is 5.69. The van der Waals surface area contributed by atoms with Gasteiger partial charge in [0.2, 0.25) is 0 Å². The number of phenolic OH excluding ortho intramolecular Hbond substituents is 1. The van der Waals surface area contributed by atoms with Crippen LogP contribution < -0.4 is 0 Å². The third-order valence-electron chi connectivity index (χ3n) is 3.97. The van der Waals surface area contributed by atoms with Crippen molar-refractivity contribution in [2.45, 2.75) is 26.0 Å². The Morgan fingerprint density at radius 3 is 3.15 bits per heavy atom. The standard InChI is InChI=1S/C16H20N2O2/c1-2-13-10-18(7-8-20-13)11-15-14-9-17-6-5-12(14)3-4-16(15)19/h3-6,9,13,19H,2,7-8,10-11H2,1H3/t13-/m0/s1. The number of pyridine rings is 1. The number of ether oxygens (including phenoxy) is 1. The maximum Gasteiger partial charge on any atom is 0.120 e. The van der Waals surface area contributed by atoms with Gasteiger partial charge in [0.15, 0.2) is 0 Å². The molecule has 106 valence electrons. The minimum atomic E-state index is 0.305. The van der Waals surface area contributed by atoms with E-state index >= 15 is 0 Å². The van der Waals surface area contributed by atoms with E-state index in [4.69, 9.17) is 4.74 Å². The van der Waals surface area contributed by atoms with E-state index in [0.717, 1.165) is 49.0 Å². The van der Waals surface area contributed by atoms with Crippen molar-refractivity contribution < 1.29 is 9.84 Å². The van der Waals surface area contributed by atoms with Gasteiger partial charge >= 0.3 is 0 Å². The van der Waals surface area contributed by atoms with Gasteiger partial charge in [-0.05, 0) is 23.9 Å². The molecular formula is C16H20N2O2. The first-order valence-corrected chi connectivity index (χ1v) is 7.16. The first-order valence-electron chi connectivity index (χ1n) is 7.16. The normalized spacial score (nSPS) is 20.4. The lowest BCUT2D eigenvalue weighted by atomic mass is 10.0. The molecule has 1 fully saturated rings. The lowest BCUT2D eigenvalue weighted by Gasteiger charge is -2.32. The maximum atomic E-state index is 10.2. The van der Waals surface area contributed by atoms with E-state index in [1.807, 2.05) is 18.3 Å². The van der Waals surface area contributed by atoms with Crippen LogP contribution in [0.3, 0.4) is 0 Å². The number of rotatable bonds is 3. The third kappa shape index (κ3) is 2.62. The summed E-state index contributed by atoms with van der Waals surface area (Å²) in [5, 5.41) is 12.3.